The first-order chi connectivity index (χ1) is 7.38. The molecule has 0 aromatic carbocycles. The monoisotopic (exact) mass is 225 g/mol. The molecule has 6 nitrogen and oxygen atoms in total. The van der Waals surface area contributed by atoms with E-state index in [1.807, 2.05) is 6.92 Å². The smallest absolute Gasteiger partial charge is 0.228 e. The Morgan fingerprint density at radius 1 is 1.53 bits per heavy atom. The summed E-state index contributed by atoms with van der Waals surface area (Å²) in [6.07, 6.45) is 2.96. The first-order valence-electron chi connectivity index (χ1n) is 4.70. The highest BCUT2D eigenvalue weighted by molar-refractivity contribution is 7.09. The fourth-order valence-corrected chi connectivity index (χ4v) is 1.73. The van der Waals surface area contributed by atoms with Crippen LogP contribution in [0.15, 0.2) is 10.9 Å². The molecule has 2 rings (SSSR count). The van der Waals surface area contributed by atoms with Crippen molar-refractivity contribution in [2.45, 2.75) is 19.8 Å². The van der Waals surface area contributed by atoms with Crippen molar-refractivity contribution in [1.29, 1.82) is 0 Å². The number of hydrogen-bond acceptors (Lipinski definition) is 7. The minimum Gasteiger partial charge on any atom is -0.360 e. The minimum atomic E-state index is 0.628. The largest absolute Gasteiger partial charge is 0.360 e. The van der Waals surface area contributed by atoms with Crippen LogP contribution in [0.3, 0.4) is 0 Å². The lowest BCUT2D eigenvalue weighted by Crippen LogP contribution is -2.04. The van der Waals surface area contributed by atoms with Crippen molar-refractivity contribution in [2.24, 2.45) is 0 Å². The summed E-state index contributed by atoms with van der Waals surface area (Å²) in [5, 5.41) is 7.52. The lowest BCUT2D eigenvalue weighted by molar-refractivity contribution is 0.380. The van der Waals surface area contributed by atoms with Crippen molar-refractivity contribution >= 4 is 16.7 Å². The quantitative estimate of drug-likeness (QED) is 0.822. The maximum absolute atomic E-state index is 4.86. The van der Waals surface area contributed by atoms with Gasteiger partial charge in [0.1, 0.15) is 5.82 Å². The summed E-state index contributed by atoms with van der Waals surface area (Å²) in [7, 11) is 0. The third kappa shape index (κ3) is 2.72. The maximum atomic E-state index is 4.86. The van der Waals surface area contributed by atoms with Crippen molar-refractivity contribution in [2.75, 3.05) is 11.9 Å². The highest BCUT2D eigenvalue weighted by Crippen LogP contribution is 2.10. The Balaban J connectivity index is 1.78. The van der Waals surface area contributed by atoms with Crippen molar-refractivity contribution in [3.05, 3.63) is 18.0 Å². The van der Waals surface area contributed by atoms with Gasteiger partial charge in [-0.2, -0.15) is 9.36 Å². The van der Waals surface area contributed by atoms with Crippen LogP contribution in [0.5, 0.6) is 0 Å². The molecule has 7 heteroatoms. The van der Waals surface area contributed by atoms with E-state index in [0.29, 0.717) is 12.3 Å². The third-order valence-electron chi connectivity index (χ3n) is 1.81. The summed E-state index contributed by atoms with van der Waals surface area (Å²) in [4.78, 5) is 8.20. The van der Waals surface area contributed by atoms with Gasteiger partial charge in [-0.05, 0) is 0 Å². The molecule has 0 aliphatic heterocycles. The molecular formula is C8H11N5OS. The lowest BCUT2D eigenvalue weighted by atomic mass is 10.4. The van der Waals surface area contributed by atoms with Gasteiger partial charge in [0, 0.05) is 30.9 Å². The van der Waals surface area contributed by atoms with Crippen molar-refractivity contribution in [3.63, 3.8) is 0 Å². The molecule has 0 atom stereocenters. The van der Waals surface area contributed by atoms with Gasteiger partial charge < -0.3 is 9.84 Å². The first kappa shape index (κ1) is 10.0. The molecule has 0 radical (unpaired) electrons. The Labute approximate surface area is 90.9 Å². The highest BCUT2D eigenvalue weighted by Gasteiger charge is 2.02. The van der Waals surface area contributed by atoms with Gasteiger partial charge in [0.25, 0.3) is 0 Å². The van der Waals surface area contributed by atoms with Crippen LogP contribution < -0.4 is 5.32 Å². The molecule has 0 aliphatic rings. The molecular weight excluding hydrogens is 214 g/mol. The highest BCUT2D eigenvalue weighted by atomic mass is 32.1. The molecule has 2 aromatic rings. The molecule has 2 aromatic heterocycles. The Kier molecular flexibility index (Phi) is 3.23. The fourth-order valence-electron chi connectivity index (χ4n) is 1.05. The molecule has 0 aliphatic carbocycles. The van der Waals surface area contributed by atoms with Gasteiger partial charge in [-0.25, -0.2) is 4.98 Å². The predicted molar refractivity (Wildman–Crippen MR) is 55.8 cm³/mol. The van der Waals surface area contributed by atoms with E-state index in [-0.39, 0.29) is 0 Å². The number of aryl methyl sites for hydroxylation is 1. The molecule has 0 saturated carbocycles. The molecule has 0 unspecified atom stereocenters. The molecule has 80 valence electrons. The van der Waals surface area contributed by atoms with Crippen LogP contribution in [0.1, 0.15) is 18.6 Å². The second-order valence-corrected chi connectivity index (χ2v) is 3.63. The second-order valence-electron chi connectivity index (χ2n) is 2.88. The van der Waals surface area contributed by atoms with E-state index < -0.39 is 0 Å². The fraction of sp³-hybridized carbons (Fsp3) is 0.500. The van der Waals surface area contributed by atoms with Gasteiger partial charge in [-0.1, -0.05) is 12.1 Å². The number of nitrogens with one attached hydrogen (secondary N) is 1. The molecule has 1 N–H and O–H groups in total. The Hall–Kier alpha value is -1.50. The van der Waals surface area contributed by atoms with Gasteiger partial charge in [0.05, 0.1) is 0 Å². The zero-order valence-corrected chi connectivity index (χ0v) is 9.12. The Morgan fingerprint density at radius 2 is 2.47 bits per heavy atom. The topological polar surface area (TPSA) is 76.7 Å². The zero-order valence-electron chi connectivity index (χ0n) is 8.30. The molecule has 0 bridgehead atoms. The van der Waals surface area contributed by atoms with E-state index in [1.165, 1.54) is 17.9 Å². The summed E-state index contributed by atoms with van der Waals surface area (Å²) < 4.78 is 9.03. The van der Waals surface area contributed by atoms with Crippen LogP contribution in [0, 0.1) is 0 Å². The Morgan fingerprint density at radius 3 is 3.13 bits per heavy atom. The van der Waals surface area contributed by atoms with E-state index in [9.17, 15) is 0 Å². The van der Waals surface area contributed by atoms with E-state index >= 15 is 0 Å². The van der Waals surface area contributed by atoms with Gasteiger partial charge in [-0.3, -0.25) is 0 Å². The number of hydrogen-bond donors (Lipinski definition) is 1. The zero-order chi connectivity index (χ0) is 10.5. The van der Waals surface area contributed by atoms with Crippen LogP contribution in [-0.2, 0) is 12.8 Å². The van der Waals surface area contributed by atoms with Gasteiger partial charge in [0.15, 0.2) is 6.33 Å². The minimum absolute atomic E-state index is 0.628. The standard InChI is InChI=1S/C8H11N5OS/c1-2-6-12-8(15-13-6)9-4-3-7-10-5-11-14-7/h5H,2-4H2,1H3,(H,9,12,13). The van der Waals surface area contributed by atoms with Gasteiger partial charge in [0.2, 0.25) is 11.0 Å². The second kappa shape index (κ2) is 4.83. The molecule has 0 fully saturated rings. The van der Waals surface area contributed by atoms with Crippen LogP contribution >= 0.6 is 11.5 Å². The molecule has 2 heterocycles. The summed E-state index contributed by atoms with van der Waals surface area (Å²) in [5.74, 6) is 1.50. The number of rotatable bonds is 5. The van der Waals surface area contributed by atoms with Crippen molar-refractivity contribution in [3.8, 4) is 0 Å². The molecule has 0 amide bonds. The lowest BCUT2D eigenvalue weighted by Gasteiger charge is -1.97. The van der Waals surface area contributed by atoms with Gasteiger partial charge >= 0.3 is 0 Å². The maximum Gasteiger partial charge on any atom is 0.228 e. The van der Waals surface area contributed by atoms with E-state index in [0.717, 1.165) is 23.9 Å². The predicted octanol–water partition coefficient (Wildman–Crippen LogP) is 1.14. The summed E-state index contributed by atoms with van der Waals surface area (Å²) in [6.45, 7) is 2.75. The Bertz CT molecular complexity index is 399. The first-order valence-corrected chi connectivity index (χ1v) is 5.48. The summed E-state index contributed by atoms with van der Waals surface area (Å²) >= 11 is 1.37. The SMILES string of the molecule is CCc1nsc(NCCc2ncno2)n1. The van der Waals surface area contributed by atoms with Crippen LogP contribution in [0.25, 0.3) is 0 Å². The van der Waals surface area contributed by atoms with E-state index in [4.69, 9.17) is 4.52 Å². The normalized spacial score (nSPS) is 10.5. The third-order valence-corrected chi connectivity index (χ3v) is 2.52. The average molecular weight is 225 g/mol. The van der Waals surface area contributed by atoms with Crippen molar-refractivity contribution < 1.29 is 4.52 Å². The van der Waals surface area contributed by atoms with Crippen LogP contribution in [0.2, 0.25) is 0 Å². The molecule has 0 spiro atoms. The molecule has 0 saturated heterocycles. The summed E-state index contributed by atoms with van der Waals surface area (Å²) in [6, 6.07) is 0. The summed E-state index contributed by atoms with van der Waals surface area (Å²) in [5.41, 5.74) is 0. The van der Waals surface area contributed by atoms with Gasteiger partial charge in [-0.15, -0.1) is 0 Å². The van der Waals surface area contributed by atoms with Crippen LogP contribution in [0.4, 0.5) is 5.13 Å². The van der Waals surface area contributed by atoms with Crippen molar-refractivity contribution in [1.82, 2.24) is 19.5 Å². The molecule has 15 heavy (non-hydrogen) atoms. The van der Waals surface area contributed by atoms with E-state index in [2.05, 4.69) is 24.8 Å². The van der Waals surface area contributed by atoms with E-state index in [1.54, 1.807) is 0 Å². The number of anilines is 1. The number of nitrogens with zero attached hydrogens (tertiary/aromatic N) is 4. The number of aromatic nitrogens is 4. The van der Waals surface area contributed by atoms with Crippen LogP contribution in [-0.4, -0.2) is 26.0 Å². The average Bonchev–Trinajstić information content (AvgIpc) is 2.88.